The number of phenols is 1. The number of hydrogen-bond donors (Lipinski definition) is 1. The Morgan fingerprint density at radius 3 is 2.23 bits per heavy atom. The van der Waals surface area contributed by atoms with Crippen molar-refractivity contribution in [1.29, 1.82) is 0 Å². The Hall–Kier alpha value is -1.37. The lowest BCUT2D eigenvalue weighted by molar-refractivity contribution is 0.308. The Balaban J connectivity index is 2.66. The lowest BCUT2D eigenvalue weighted by Crippen LogP contribution is -2.28. The molecule has 1 N–H and O–H groups in total. The van der Waals surface area contributed by atoms with Crippen LogP contribution in [0.2, 0.25) is 0 Å². The standard InChI is InChI=1S/C32H52NOP/c1-12-16-23(5)32(9,10)27-20-25(31(6,7)8)19-26(29(27)34)28(13-2)35-30-22(4)17-15-18-24(30)21-33(11)14-3/h15,17-20,23,28,34-35H,12-14,16,21H2,1-11H3. The highest BCUT2D eigenvalue weighted by Crippen LogP contribution is 2.49. The highest BCUT2D eigenvalue weighted by Gasteiger charge is 2.33. The first-order valence-corrected chi connectivity index (χ1v) is 14.8. The van der Waals surface area contributed by atoms with Gasteiger partial charge in [0.15, 0.2) is 0 Å². The molecule has 2 nitrogen and oxygen atoms in total. The summed E-state index contributed by atoms with van der Waals surface area (Å²) in [5.41, 5.74) is 6.64. The Bertz CT molecular complexity index is 972. The molecular formula is C32H52NOP. The van der Waals surface area contributed by atoms with E-state index in [2.05, 4.69) is 112 Å². The van der Waals surface area contributed by atoms with E-state index >= 15 is 0 Å². The summed E-state index contributed by atoms with van der Waals surface area (Å²) in [6, 6.07) is 11.3. The largest absolute Gasteiger partial charge is 0.507 e. The molecule has 0 heterocycles. The van der Waals surface area contributed by atoms with Gasteiger partial charge in [-0.25, -0.2) is 0 Å². The fourth-order valence-electron chi connectivity index (χ4n) is 4.95. The van der Waals surface area contributed by atoms with Crippen LogP contribution < -0.4 is 5.30 Å². The Kier molecular flexibility index (Phi) is 10.4. The number of rotatable bonds is 11. The number of aryl methyl sites for hydroxylation is 1. The Labute approximate surface area is 218 Å². The predicted octanol–water partition coefficient (Wildman–Crippen LogP) is 8.62. The third-order valence-corrected chi connectivity index (χ3v) is 10.2. The summed E-state index contributed by atoms with van der Waals surface area (Å²) in [6.07, 6.45) is 3.35. The first-order valence-electron chi connectivity index (χ1n) is 13.7. The van der Waals surface area contributed by atoms with Gasteiger partial charge >= 0.3 is 0 Å². The van der Waals surface area contributed by atoms with E-state index in [1.807, 2.05) is 0 Å². The van der Waals surface area contributed by atoms with Crippen molar-refractivity contribution in [3.8, 4) is 5.75 Å². The van der Waals surface area contributed by atoms with Crippen molar-refractivity contribution in [2.75, 3.05) is 13.6 Å². The van der Waals surface area contributed by atoms with Crippen LogP contribution in [0.15, 0.2) is 30.3 Å². The van der Waals surface area contributed by atoms with E-state index in [9.17, 15) is 5.11 Å². The molecule has 0 bridgehead atoms. The van der Waals surface area contributed by atoms with Crippen molar-refractivity contribution in [2.24, 2.45) is 5.92 Å². The molecule has 0 amide bonds. The molecule has 3 unspecified atom stereocenters. The second kappa shape index (κ2) is 12.2. The summed E-state index contributed by atoms with van der Waals surface area (Å²) < 4.78 is 0. The van der Waals surface area contributed by atoms with E-state index in [1.165, 1.54) is 28.4 Å². The summed E-state index contributed by atoms with van der Waals surface area (Å²) in [4.78, 5) is 2.37. The molecule has 35 heavy (non-hydrogen) atoms. The zero-order chi connectivity index (χ0) is 26.6. The summed E-state index contributed by atoms with van der Waals surface area (Å²) in [5, 5.41) is 13.3. The average Bonchev–Trinajstić information content (AvgIpc) is 2.78. The monoisotopic (exact) mass is 497 g/mol. The second-order valence-electron chi connectivity index (χ2n) is 12.2. The third-order valence-electron chi connectivity index (χ3n) is 8.09. The zero-order valence-electron chi connectivity index (χ0n) is 24.5. The van der Waals surface area contributed by atoms with Crippen LogP contribution in [-0.2, 0) is 17.4 Å². The van der Waals surface area contributed by atoms with Crippen LogP contribution >= 0.6 is 8.58 Å². The molecule has 0 aliphatic heterocycles. The molecule has 2 rings (SSSR count). The molecule has 0 fully saturated rings. The molecule has 2 aromatic carbocycles. The highest BCUT2D eigenvalue weighted by atomic mass is 31.1. The first kappa shape index (κ1) is 29.9. The molecule has 0 saturated carbocycles. The molecule has 0 spiro atoms. The van der Waals surface area contributed by atoms with Gasteiger partial charge in [0.25, 0.3) is 0 Å². The smallest absolute Gasteiger partial charge is 0.123 e. The van der Waals surface area contributed by atoms with Gasteiger partial charge in [-0.15, -0.1) is 0 Å². The SMILES string of the molecule is CCCC(C)C(C)(C)c1cc(C(C)(C)C)cc(C(CC)Pc2c(C)cccc2CN(C)CC)c1O. The maximum absolute atomic E-state index is 11.8. The van der Waals surface area contributed by atoms with Gasteiger partial charge in [-0.1, -0.05) is 114 Å². The maximum Gasteiger partial charge on any atom is 0.123 e. The van der Waals surface area contributed by atoms with Crippen molar-refractivity contribution < 1.29 is 5.11 Å². The normalized spacial score (nSPS) is 14.7. The van der Waals surface area contributed by atoms with Crippen LogP contribution in [0.5, 0.6) is 5.75 Å². The number of benzene rings is 2. The lowest BCUT2D eigenvalue weighted by atomic mass is 9.70. The zero-order valence-corrected chi connectivity index (χ0v) is 25.5. The van der Waals surface area contributed by atoms with Gasteiger partial charge in [0.05, 0.1) is 0 Å². The highest BCUT2D eigenvalue weighted by molar-refractivity contribution is 7.47. The minimum absolute atomic E-state index is 0.0281. The van der Waals surface area contributed by atoms with Crippen LogP contribution in [-0.4, -0.2) is 23.6 Å². The molecular weight excluding hydrogens is 445 g/mol. The second-order valence-corrected chi connectivity index (χ2v) is 13.7. The number of aromatic hydroxyl groups is 1. The van der Waals surface area contributed by atoms with Crippen molar-refractivity contribution in [2.45, 2.75) is 112 Å². The topological polar surface area (TPSA) is 23.5 Å². The van der Waals surface area contributed by atoms with Crippen molar-refractivity contribution in [1.82, 2.24) is 4.90 Å². The molecule has 0 aromatic heterocycles. The van der Waals surface area contributed by atoms with Crippen LogP contribution in [0, 0.1) is 12.8 Å². The van der Waals surface area contributed by atoms with Crippen LogP contribution in [0.4, 0.5) is 0 Å². The van der Waals surface area contributed by atoms with Crippen LogP contribution in [0.1, 0.15) is 115 Å². The van der Waals surface area contributed by atoms with Gasteiger partial charge in [-0.05, 0) is 65.7 Å². The minimum atomic E-state index is -0.0881. The van der Waals surface area contributed by atoms with Crippen molar-refractivity contribution in [3.05, 3.63) is 58.1 Å². The van der Waals surface area contributed by atoms with Gasteiger partial charge in [0, 0.05) is 23.3 Å². The molecule has 0 aliphatic rings. The predicted molar refractivity (Wildman–Crippen MR) is 158 cm³/mol. The molecule has 3 heteroatoms. The van der Waals surface area contributed by atoms with E-state index in [0.717, 1.165) is 37.1 Å². The van der Waals surface area contributed by atoms with Gasteiger partial charge < -0.3 is 10.0 Å². The van der Waals surface area contributed by atoms with E-state index in [0.29, 0.717) is 25.9 Å². The third kappa shape index (κ3) is 7.11. The van der Waals surface area contributed by atoms with Crippen LogP contribution in [0.25, 0.3) is 0 Å². The molecule has 0 aliphatic carbocycles. The van der Waals surface area contributed by atoms with Gasteiger partial charge in [0.1, 0.15) is 5.75 Å². The van der Waals surface area contributed by atoms with E-state index < -0.39 is 0 Å². The molecule has 0 saturated heterocycles. The average molecular weight is 498 g/mol. The molecule has 3 atom stereocenters. The van der Waals surface area contributed by atoms with E-state index in [1.54, 1.807) is 0 Å². The lowest BCUT2D eigenvalue weighted by Gasteiger charge is -2.36. The van der Waals surface area contributed by atoms with E-state index in [-0.39, 0.29) is 10.8 Å². The summed E-state index contributed by atoms with van der Waals surface area (Å²) in [6.45, 7) is 24.9. The Morgan fingerprint density at radius 1 is 1.03 bits per heavy atom. The molecule has 0 radical (unpaired) electrons. The van der Waals surface area contributed by atoms with Gasteiger partial charge in [-0.3, -0.25) is 0 Å². The summed E-state index contributed by atoms with van der Waals surface area (Å²) in [7, 11) is 2.83. The molecule has 196 valence electrons. The number of nitrogens with zero attached hydrogens (tertiary/aromatic N) is 1. The van der Waals surface area contributed by atoms with Gasteiger partial charge in [-0.2, -0.15) is 0 Å². The van der Waals surface area contributed by atoms with E-state index in [4.69, 9.17) is 0 Å². The fourth-order valence-corrected chi connectivity index (χ4v) is 6.54. The van der Waals surface area contributed by atoms with Crippen molar-refractivity contribution >= 4 is 13.9 Å². The first-order chi connectivity index (χ1) is 16.3. The summed E-state index contributed by atoms with van der Waals surface area (Å²) in [5.74, 6) is 1.03. The minimum Gasteiger partial charge on any atom is -0.507 e. The van der Waals surface area contributed by atoms with Crippen molar-refractivity contribution in [3.63, 3.8) is 0 Å². The quantitative estimate of drug-likeness (QED) is 0.314. The van der Waals surface area contributed by atoms with Gasteiger partial charge in [0.2, 0.25) is 0 Å². The van der Waals surface area contributed by atoms with Crippen LogP contribution in [0.3, 0.4) is 0 Å². The number of hydrogen-bond acceptors (Lipinski definition) is 2. The maximum atomic E-state index is 11.8. The number of phenolic OH excluding ortho intramolecular Hbond substituents is 1. The fraction of sp³-hybridized carbons (Fsp3) is 0.625. The summed E-state index contributed by atoms with van der Waals surface area (Å²) >= 11 is 0. The Morgan fingerprint density at radius 2 is 1.69 bits per heavy atom. The molecule has 2 aromatic rings.